The van der Waals surface area contributed by atoms with Gasteiger partial charge >= 0.3 is 0 Å². The standard InChI is InChI=1S/C15H16BrN5O/c1-8-5-6-11(22-4)9(2)12(8)20-15-13(16)19-10(3)14-17-7-18-21(14)15/h5-7,20H,1-4H3. The molecule has 0 aliphatic rings. The largest absolute Gasteiger partial charge is 0.496 e. The number of ether oxygens (including phenoxy) is 1. The Hall–Kier alpha value is -2.15. The second-order valence-corrected chi connectivity index (χ2v) is 5.79. The fourth-order valence-electron chi connectivity index (χ4n) is 2.45. The topological polar surface area (TPSA) is 64.3 Å². The average Bonchev–Trinajstić information content (AvgIpc) is 2.96. The molecule has 1 N–H and O–H groups in total. The zero-order valence-corrected chi connectivity index (χ0v) is 14.4. The van der Waals surface area contributed by atoms with E-state index in [0.717, 1.165) is 39.7 Å². The number of aryl methyl sites for hydroxylation is 2. The molecule has 0 bridgehead atoms. The summed E-state index contributed by atoms with van der Waals surface area (Å²) < 4.78 is 7.82. The second-order valence-electron chi connectivity index (χ2n) is 5.04. The maximum absolute atomic E-state index is 5.40. The van der Waals surface area contributed by atoms with Gasteiger partial charge in [0.1, 0.15) is 16.7 Å². The van der Waals surface area contributed by atoms with Crippen molar-refractivity contribution in [2.45, 2.75) is 20.8 Å². The van der Waals surface area contributed by atoms with E-state index in [1.165, 1.54) is 6.33 Å². The van der Waals surface area contributed by atoms with E-state index in [1.54, 1.807) is 11.6 Å². The fraction of sp³-hybridized carbons (Fsp3) is 0.267. The van der Waals surface area contributed by atoms with Gasteiger partial charge in [0, 0.05) is 11.3 Å². The van der Waals surface area contributed by atoms with Crippen LogP contribution in [0, 0.1) is 20.8 Å². The summed E-state index contributed by atoms with van der Waals surface area (Å²) in [5.41, 5.74) is 4.66. The lowest BCUT2D eigenvalue weighted by Gasteiger charge is -2.17. The van der Waals surface area contributed by atoms with Crippen molar-refractivity contribution >= 4 is 33.1 Å². The number of methoxy groups -OCH3 is 1. The Labute approximate surface area is 136 Å². The molecular formula is C15H16BrN5O. The third-order valence-corrected chi connectivity index (χ3v) is 4.18. The van der Waals surface area contributed by atoms with Crippen LogP contribution in [0.4, 0.5) is 11.5 Å². The Morgan fingerprint density at radius 3 is 2.73 bits per heavy atom. The molecule has 22 heavy (non-hydrogen) atoms. The lowest BCUT2D eigenvalue weighted by atomic mass is 10.1. The molecule has 0 aliphatic carbocycles. The van der Waals surface area contributed by atoms with Gasteiger partial charge in [0.15, 0.2) is 11.5 Å². The van der Waals surface area contributed by atoms with Crippen molar-refractivity contribution < 1.29 is 4.74 Å². The van der Waals surface area contributed by atoms with Gasteiger partial charge in [0.25, 0.3) is 0 Å². The summed E-state index contributed by atoms with van der Waals surface area (Å²) in [6.07, 6.45) is 1.52. The monoisotopic (exact) mass is 361 g/mol. The highest BCUT2D eigenvalue weighted by Crippen LogP contribution is 2.33. The zero-order valence-electron chi connectivity index (χ0n) is 12.8. The van der Waals surface area contributed by atoms with Crippen molar-refractivity contribution in [3.8, 4) is 5.75 Å². The molecule has 0 fully saturated rings. The van der Waals surface area contributed by atoms with Crippen molar-refractivity contribution in [3.05, 3.63) is 39.9 Å². The minimum Gasteiger partial charge on any atom is -0.496 e. The van der Waals surface area contributed by atoms with Gasteiger partial charge in [0.05, 0.1) is 12.8 Å². The van der Waals surface area contributed by atoms with Gasteiger partial charge in [-0.3, -0.25) is 0 Å². The first-order chi connectivity index (χ1) is 10.5. The van der Waals surface area contributed by atoms with Crippen LogP contribution >= 0.6 is 15.9 Å². The van der Waals surface area contributed by atoms with Crippen molar-refractivity contribution in [2.75, 3.05) is 12.4 Å². The minimum atomic E-state index is 0.685. The molecule has 0 radical (unpaired) electrons. The first kappa shape index (κ1) is 14.8. The summed E-state index contributed by atoms with van der Waals surface area (Å²) in [4.78, 5) is 8.72. The van der Waals surface area contributed by atoms with Gasteiger partial charge in [-0.25, -0.2) is 9.97 Å². The first-order valence-electron chi connectivity index (χ1n) is 6.80. The Bertz CT molecular complexity index is 859. The summed E-state index contributed by atoms with van der Waals surface area (Å²) >= 11 is 3.50. The predicted molar refractivity (Wildman–Crippen MR) is 89.0 cm³/mol. The molecule has 0 aliphatic heterocycles. The third-order valence-electron chi connectivity index (χ3n) is 3.63. The van der Waals surface area contributed by atoms with Crippen LogP contribution in [-0.4, -0.2) is 26.7 Å². The number of halogens is 1. The molecule has 1 aromatic carbocycles. The van der Waals surface area contributed by atoms with Crippen molar-refractivity contribution in [3.63, 3.8) is 0 Å². The molecular weight excluding hydrogens is 346 g/mol. The maximum atomic E-state index is 5.40. The fourth-order valence-corrected chi connectivity index (χ4v) is 2.99. The SMILES string of the molecule is COc1ccc(C)c(Nc2c(Br)nc(C)c3ncnn23)c1C. The van der Waals surface area contributed by atoms with Crippen LogP contribution in [0.5, 0.6) is 5.75 Å². The van der Waals surface area contributed by atoms with E-state index < -0.39 is 0 Å². The molecule has 0 saturated heterocycles. The van der Waals surface area contributed by atoms with E-state index >= 15 is 0 Å². The Morgan fingerprint density at radius 2 is 2.00 bits per heavy atom. The van der Waals surface area contributed by atoms with Crippen LogP contribution in [-0.2, 0) is 0 Å². The normalized spacial score (nSPS) is 11.0. The lowest BCUT2D eigenvalue weighted by Crippen LogP contribution is -2.07. The molecule has 2 aromatic heterocycles. The van der Waals surface area contributed by atoms with Gasteiger partial charge in [-0.05, 0) is 48.3 Å². The molecule has 0 unspecified atom stereocenters. The van der Waals surface area contributed by atoms with E-state index in [0.29, 0.717) is 4.60 Å². The molecule has 114 valence electrons. The number of nitrogens with one attached hydrogen (secondary N) is 1. The summed E-state index contributed by atoms with van der Waals surface area (Å²) in [6, 6.07) is 3.98. The molecule has 0 saturated carbocycles. The van der Waals surface area contributed by atoms with Crippen molar-refractivity contribution in [2.24, 2.45) is 0 Å². The minimum absolute atomic E-state index is 0.685. The summed E-state index contributed by atoms with van der Waals surface area (Å²) in [6.45, 7) is 5.96. The number of anilines is 2. The van der Waals surface area contributed by atoms with Crippen LogP contribution in [0.2, 0.25) is 0 Å². The first-order valence-corrected chi connectivity index (χ1v) is 7.59. The zero-order chi connectivity index (χ0) is 15.9. The van der Waals surface area contributed by atoms with Crippen LogP contribution in [0.3, 0.4) is 0 Å². The molecule has 2 heterocycles. The van der Waals surface area contributed by atoms with E-state index in [-0.39, 0.29) is 0 Å². The summed E-state index contributed by atoms with van der Waals surface area (Å²) in [5, 5.41) is 7.69. The number of fused-ring (bicyclic) bond motifs is 1. The highest BCUT2D eigenvalue weighted by molar-refractivity contribution is 9.10. The predicted octanol–water partition coefficient (Wildman–Crippen LogP) is 3.56. The van der Waals surface area contributed by atoms with Gasteiger partial charge in [-0.1, -0.05) is 6.07 Å². The number of nitrogens with zero attached hydrogens (tertiary/aromatic N) is 4. The van der Waals surface area contributed by atoms with Gasteiger partial charge in [-0.2, -0.15) is 9.61 Å². The number of rotatable bonds is 3. The van der Waals surface area contributed by atoms with Crippen LogP contribution in [0.15, 0.2) is 23.1 Å². The average molecular weight is 362 g/mol. The Kier molecular flexibility index (Phi) is 3.74. The van der Waals surface area contributed by atoms with Gasteiger partial charge < -0.3 is 10.1 Å². The van der Waals surface area contributed by atoms with Gasteiger partial charge in [0.2, 0.25) is 0 Å². The van der Waals surface area contributed by atoms with Crippen LogP contribution in [0.25, 0.3) is 5.65 Å². The van der Waals surface area contributed by atoms with E-state index in [2.05, 4.69) is 36.3 Å². The maximum Gasteiger partial charge on any atom is 0.178 e. The molecule has 0 spiro atoms. The van der Waals surface area contributed by atoms with Crippen molar-refractivity contribution in [1.82, 2.24) is 19.6 Å². The molecule has 7 heteroatoms. The Balaban J connectivity index is 2.17. The highest BCUT2D eigenvalue weighted by Gasteiger charge is 2.15. The van der Waals surface area contributed by atoms with E-state index in [1.807, 2.05) is 32.9 Å². The number of aromatic nitrogens is 4. The Morgan fingerprint density at radius 1 is 1.23 bits per heavy atom. The summed E-state index contributed by atoms with van der Waals surface area (Å²) in [5.74, 6) is 1.57. The highest BCUT2D eigenvalue weighted by atomic mass is 79.9. The van der Waals surface area contributed by atoms with Gasteiger partial charge in [-0.15, -0.1) is 0 Å². The molecule has 0 atom stereocenters. The van der Waals surface area contributed by atoms with Crippen LogP contribution in [0.1, 0.15) is 16.8 Å². The second kappa shape index (κ2) is 5.57. The molecule has 6 nitrogen and oxygen atoms in total. The number of hydrogen-bond donors (Lipinski definition) is 1. The van der Waals surface area contributed by atoms with Crippen LogP contribution < -0.4 is 10.1 Å². The third kappa shape index (κ3) is 2.31. The molecule has 3 aromatic rings. The number of benzene rings is 1. The smallest absolute Gasteiger partial charge is 0.178 e. The quantitative estimate of drug-likeness (QED) is 0.772. The van der Waals surface area contributed by atoms with E-state index in [9.17, 15) is 0 Å². The van der Waals surface area contributed by atoms with Crippen molar-refractivity contribution in [1.29, 1.82) is 0 Å². The number of hydrogen-bond acceptors (Lipinski definition) is 5. The summed E-state index contributed by atoms with van der Waals surface area (Å²) in [7, 11) is 1.67. The lowest BCUT2D eigenvalue weighted by molar-refractivity contribution is 0.412. The molecule has 0 amide bonds. The van der Waals surface area contributed by atoms with E-state index in [4.69, 9.17) is 4.74 Å². The molecule has 3 rings (SSSR count).